The molecule has 190 valence electrons. The first-order valence-corrected chi connectivity index (χ1v) is 12.0. The van der Waals surface area contributed by atoms with Crippen molar-refractivity contribution < 1.29 is 23.1 Å². The number of carbonyl (C=O) groups excluding carboxylic acids is 2. The van der Waals surface area contributed by atoms with Gasteiger partial charge in [0.05, 0.1) is 12.6 Å². The highest BCUT2D eigenvalue weighted by Crippen LogP contribution is 2.50. The van der Waals surface area contributed by atoms with Crippen molar-refractivity contribution in [2.24, 2.45) is 23.0 Å². The molecule has 1 aliphatic heterocycles. The predicted molar refractivity (Wildman–Crippen MR) is 126 cm³/mol. The topological polar surface area (TPSA) is 88.8 Å². The van der Waals surface area contributed by atoms with E-state index in [4.69, 9.17) is 10.5 Å². The van der Waals surface area contributed by atoms with Gasteiger partial charge in [0, 0.05) is 56.6 Å². The second-order valence-electron chi connectivity index (χ2n) is 10.8. The maximum Gasteiger partial charge on any atom is 0.329 e. The third-order valence-corrected chi connectivity index (χ3v) is 7.05. The molecule has 2 fully saturated rings. The van der Waals surface area contributed by atoms with Crippen molar-refractivity contribution in [1.82, 2.24) is 9.88 Å². The van der Waals surface area contributed by atoms with E-state index in [1.807, 2.05) is 45.8 Å². The van der Waals surface area contributed by atoms with Crippen LogP contribution >= 0.6 is 0 Å². The molecule has 0 spiro atoms. The summed E-state index contributed by atoms with van der Waals surface area (Å²) >= 11 is 0. The number of amides is 1. The number of alkyl halides is 2. The molecule has 9 heteroatoms. The molecule has 5 atom stereocenters. The molecular formula is C25H38F2N4O3. The van der Waals surface area contributed by atoms with Crippen LogP contribution in [0.2, 0.25) is 0 Å². The molecule has 0 bridgehead atoms. The fourth-order valence-corrected chi connectivity index (χ4v) is 5.72. The van der Waals surface area contributed by atoms with E-state index in [9.17, 15) is 18.4 Å². The molecule has 1 aromatic heterocycles. The average molecular weight is 481 g/mol. The second kappa shape index (κ2) is 9.76. The van der Waals surface area contributed by atoms with Crippen LogP contribution in [0.3, 0.4) is 0 Å². The number of rotatable bonds is 5. The smallest absolute Gasteiger partial charge is 0.329 e. The van der Waals surface area contributed by atoms with Gasteiger partial charge in [-0.2, -0.15) is 0 Å². The average Bonchev–Trinajstić information content (AvgIpc) is 3.05. The van der Waals surface area contributed by atoms with E-state index >= 15 is 0 Å². The lowest BCUT2D eigenvalue weighted by Gasteiger charge is -2.38. The predicted octanol–water partition coefficient (Wildman–Crippen LogP) is 3.78. The van der Waals surface area contributed by atoms with Crippen molar-refractivity contribution in [3.8, 4) is 0 Å². The fraction of sp³-hybridized carbons (Fsp3) is 0.720. The Labute approximate surface area is 201 Å². The van der Waals surface area contributed by atoms with Crippen LogP contribution in [0.4, 0.5) is 14.6 Å². The van der Waals surface area contributed by atoms with Crippen molar-refractivity contribution in [2.75, 3.05) is 25.6 Å². The number of hydrogen-bond acceptors (Lipinski definition) is 6. The zero-order chi connectivity index (χ0) is 25.4. The Bertz CT molecular complexity index is 902. The molecule has 1 saturated heterocycles. The van der Waals surface area contributed by atoms with Crippen LogP contribution in [0.5, 0.6) is 0 Å². The van der Waals surface area contributed by atoms with Crippen LogP contribution < -0.4 is 10.6 Å². The van der Waals surface area contributed by atoms with E-state index in [0.29, 0.717) is 17.8 Å². The minimum absolute atomic E-state index is 0.144. The number of anilines is 1. The molecule has 0 aromatic carbocycles. The van der Waals surface area contributed by atoms with Crippen LogP contribution in [0.15, 0.2) is 18.3 Å². The summed E-state index contributed by atoms with van der Waals surface area (Å²) in [6, 6.07) is 1.31. The Morgan fingerprint density at radius 3 is 2.56 bits per heavy atom. The number of hydrogen-bond donors (Lipinski definition) is 1. The van der Waals surface area contributed by atoms with Gasteiger partial charge < -0.3 is 20.3 Å². The summed E-state index contributed by atoms with van der Waals surface area (Å²) in [4.78, 5) is 35.1. The van der Waals surface area contributed by atoms with E-state index in [0.717, 1.165) is 0 Å². The number of pyridine rings is 1. The van der Waals surface area contributed by atoms with Gasteiger partial charge in [-0.15, -0.1) is 0 Å². The van der Waals surface area contributed by atoms with E-state index in [1.54, 1.807) is 19.2 Å². The zero-order valence-corrected chi connectivity index (χ0v) is 21.1. The highest BCUT2D eigenvalue weighted by molar-refractivity contribution is 5.88. The molecule has 0 radical (unpaired) electrons. The third-order valence-electron chi connectivity index (χ3n) is 7.05. The Balaban J connectivity index is 2.18. The molecule has 7 nitrogen and oxygen atoms in total. The van der Waals surface area contributed by atoms with Crippen LogP contribution in [-0.2, 0) is 14.3 Å². The van der Waals surface area contributed by atoms with E-state index in [2.05, 4.69) is 4.98 Å². The van der Waals surface area contributed by atoms with Crippen LogP contribution in [0.1, 0.15) is 65.0 Å². The number of likely N-dealkylation sites (tertiary alicyclic amines) is 1. The van der Waals surface area contributed by atoms with Gasteiger partial charge in [0.1, 0.15) is 11.9 Å². The standard InChI is InChI=1S/C25H38F2N4O3/c1-7-34-23(33)20-17(24(2,3)4)18(28)19(16-11-9-13-29-21(16)30(5)6)31(20)22(32)15-10-8-12-25(26,27)14-15/h9,11,13,15,17-20H,7-8,10,12,14,28H2,1-6H3/t15-,17-,18-,19-,20-/m0/s1. The van der Waals surface area contributed by atoms with Gasteiger partial charge in [-0.1, -0.05) is 26.8 Å². The molecule has 3 rings (SSSR count). The largest absolute Gasteiger partial charge is 0.464 e. The molecule has 1 aromatic rings. The van der Waals surface area contributed by atoms with Gasteiger partial charge in [0.25, 0.3) is 0 Å². The van der Waals surface area contributed by atoms with Crippen molar-refractivity contribution >= 4 is 17.7 Å². The minimum Gasteiger partial charge on any atom is -0.464 e. The number of aromatic nitrogens is 1. The lowest BCUT2D eigenvalue weighted by Crippen LogP contribution is -2.50. The lowest BCUT2D eigenvalue weighted by molar-refractivity contribution is -0.160. The SMILES string of the molecule is CCOC(=O)[C@@H]1[C@@H](C(C)(C)C)[C@H](N)[C@H](c2cccnc2N(C)C)N1C(=O)[C@H]1CCCC(F)(F)C1. The molecule has 0 unspecified atom stereocenters. The lowest BCUT2D eigenvalue weighted by atomic mass is 9.73. The normalized spacial score (nSPS) is 29.1. The first-order valence-electron chi connectivity index (χ1n) is 12.0. The Kier molecular flexibility index (Phi) is 7.55. The molecule has 2 heterocycles. The summed E-state index contributed by atoms with van der Waals surface area (Å²) in [6.07, 6.45) is 1.52. The van der Waals surface area contributed by atoms with Gasteiger partial charge in [-0.25, -0.2) is 18.6 Å². The minimum atomic E-state index is -2.90. The molecule has 1 aliphatic carbocycles. The number of nitrogens with zero attached hydrogens (tertiary/aromatic N) is 3. The third kappa shape index (κ3) is 5.04. The summed E-state index contributed by atoms with van der Waals surface area (Å²) < 4.78 is 34.0. The van der Waals surface area contributed by atoms with Crippen molar-refractivity contribution in [3.63, 3.8) is 0 Å². The fourth-order valence-electron chi connectivity index (χ4n) is 5.72. The number of halogens is 2. The maximum atomic E-state index is 14.3. The summed E-state index contributed by atoms with van der Waals surface area (Å²) in [5, 5.41) is 0. The van der Waals surface area contributed by atoms with Crippen LogP contribution in [-0.4, -0.2) is 60.5 Å². The van der Waals surface area contributed by atoms with E-state index < -0.39 is 59.6 Å². The van der Waals surface area contributed by atoms with Gasteiger partial charge in [-0.05, 0) is 31.2 Å². The number of esters is 1. The van der Waals surface area contributed by atoms with Gasteiger partial charge in [-0.3, -0.25) is 4.79 Å². The summed E-state index contributed by atoms with van der Waals surface area (Å²) in [7, 11) is 3.68. The highest BCUT2D eigenvalue weighted by Gasteiger charge is 2.59. The molecule has 1 saturated carbocycles. The van der Waals surface area contributed by atoms with Crippen LogP contribution in [0, 0.1) is 17.3 Å². The molecule has 2 aliphatic rings. The maximum absolute atomic E-state index is 14.3. The molecular weight excluding hydrogens is 442 g/mol. The summed E-state index contributed by atoms with van der Waals surface area (Å²) in [6.45, 7) is 7.76. The Morgan fingerprint density at radius 1 is 1.32 bits per heavy atom. The first-order chi connectivity index (χ1) is 15.8. The highest BCUT2D eigenvalue weighted by atomic mass is 19.3. The first kappa shape index (κ1) is 26.3. The van der Waals surface area contributed by atoms with Crippen molar-refractivity contribution in [1.29, 1.82) is 0 Å². The number of ether oxygens (including phenoxy) is 1. The van der Waals surface area contributed by atoms with Gasteiger partial charge in [0.15, 0.2) is 0 Å². The Morgan fingerprint density at radius 2 is 2.00 bits per heavy atom. The monoisotopic (exact) mass is 480 g/mol. The van der Waals surface area contributed by atoms with Gasteiger partial charge in [0.2, 0.25) is 11.8 Å². The number of carbonyl (C=O) groups is 2. The molecule has 34 heavy (non-hydrogen) atoms. The van der Waals surface area contributed by atoms with E-state index in [1.165, 1.54) is 4.90 Å². The number of nitrogens with two attached hydrogens (primary N) is 1. The van der Waals surface area contributed by atoms with Crippen LogP contribution in [0.25, 0.3) is 0 Å². The Hall–Kier alpha value is -2.29. The van der Waals surface area contributed by atoms with E-state index in [-0.39, 0.29) is 19.4 Å². The second-order valence-corrected chi connectivity index (χ2v) is 10.8. The van der Waals surface area contributed by atoms with Gasteiger partial charge >= 0.3 is 5.97 Å². The van der Waals surface area contributed by atoms with Crippen molar-refractivity contribution in [3.05, 3.63) is 23.9 Å². The summed E-state index contributed by atoms with van der Waals surface area (Å²) in [5.41, 5.74) is 7.08. The zero-order valence-electron chi connectivity index (χ0n) is 21.1. The summed E-state index contributed by atoms with van der Waals surface area (Å²) in [5.74, 6) is -4.62. The molecule has 2 N–H and O–H groups in total. The quantitative estimate of drug-likeness (QED) is 0.646. The van der Waals surface area contributed by atoms with Crippen molar-refractivity contribution in [2.45, 2.75) is 77.4 Å². The molecule has 1 amide bonds.